The molecule has 0 spiro atoms. The van der Waals surface area contributed by atoms with Crippen LogP contribution in [0.2, 0.25) is 0 Å². The van der Waals surface area contributed by atoms with Crippen LogP contribution in [0, 0.1) is 0 Å². The van der Waals surface area contributed by atoms with E-state index in [-0.39, 0.29) is 0 Å². The van der Waals surface area contributed by atoms with Crippen LogP contribution in [0.4, 0.5) is 0 Å². The number of carboxylic acids is 1. The molecule has 0 saturated heterocycles. The fourth-order valence-corrected chi connectivity index (χ4v) is 5.90. The zero-order valence-corrected chi connectivity index (χ0v) is 22.6. The number of aliphatic carboxylic acids is 1. The van der Waals surface area contributed by atoms with Gasteiger partial charge in [-0.1, -0.05) is 108 Å². The largest absolute Gasteiger partial charge is 0.481 e. The quantitative estimate of drug-likeness (QED) is 0.211. The lowest BCUT2D eigenvalue weighted by molar-refractivity contribution is -0.137. The highest BCUT2D eigenvalue weighted by Gasteiger charge is 2.34. The van der Waals surface area contributed by atoms with Gasteiger partial charge in [-0.05, 0) is 55.1 Å². The van der Waals surface area contributed by atoms with Gasteiger partial charge in [0.05, 0.1) is 0 Å². The van der Waals surface area contributed by atoms with Gasteiger partial charge in [-0.15, -0.1) is 0 Å². The molecule has 1 aliphatic carbocycles. The normalized spacial score (nSPS) is 14.8. The van der Waals surface area contributed by atoms with Gasteiger partial charge in [-0.2, -0.15) is 0 Å². The van der Waals surface area contributed by atoms with Crippen LogP contribution in [0.5, 0.6) is 0 Å². The molecule has 0 unspecified atom stereocenters. The second-order valence-corrected chi connectivity index (χ2v) is 11.0. The van der Waals surface area contributed by atoms with Crippen LogP contribution >= 0.6 is 0 Å². The fourth-order valence-electron chi connectivity index (χ4n) is 5.90. The molecule has 4 nitrogen and oxygen atoms in total. The number of aromatic nitrogens is 2. The fraction of sp³-hybridized carbons (Fsp3) is 0.656. The van der Waals surface area contributed by atoms with E-state index in [2.05, 4.69) is 41.2 Å². The Kier molecular flexibility index (Phi) is 12.4. The van der Waals surface area contributed by atoms with E-state index in [1.165, 1.54) is 101 Å². The zero-order chi connectivity index (χ0) is 25.5. The van der Waals surface area contributed by atoms with Gasteiger partial charge in [0.25, 0.3) is 0 Å². The summed E-state index contributed by atoms with van der Waals surface area (Å²) in [6.07, 6.45) is 26.6. The Bertz CT molecular complexity index is 870. The molecular weight excluding hydrogens is 444 g/mol. The number of carbonyl (C=O) groups is 1. The van der Waals surface area contributed by atoms with Crippen LogP contribution in [0.15, 0.2) is 36.7 Å². The first-order chi connectivity index (χ1) is 17.6. The third-order valence-electron chi connectivity index (χ3n) is 8.14. The minimum absolute atomic E-state index is 0.313. The van der Waals surface area contributed by atoms with Crippen LogP contribution in [0.3, 0.4) is 0 Å². The lowest BCUT2D eigenvalue weighted by atomic mass is 9.74. The molecule has 1 aromatic heterocycles. The van der Waals surface area contributed by atoms with Crippen molar-refractivity contribution in [2.24, 2.45) is 0 Å². The highest BCUT2D eigenvalue weighted by atomic mass is 16.4. The van der Waals surface area contributed by atoms with Crippen molar-refractivity contribution in [1.82, 2.24) is 9.97 Å². The molecule has 2 aromatic rings. The number of benzene rings is 1. The molecule has 198 valence electrons. The Morgan fingerprint density at radius 1 is 0.806 bits per heavy atom. The van der Waals surface area contributed by atoms with E-state index in [4.69, 9.17) is 5.11 Å². The van der Waals surface area contributed by atoms with Crippen molar-refractivity contribution in [3.8, 4) is 11.4 Å². The van der Waals surface area contributed by atoms with Crippen molar-refractivity contribution < 1.29 is 9.90 Å². The van der Waals surface area contributed by atoms with Gasteiger partial charge in [-0.25, -0.2) is 9.97 Å². The summed E-state index contributed by atoms with van der Waals surface area (Å²) in [6.45, 7) is 2.26. The summed E-state index contributed by atoms with van der Waals surface area (Å²) >= 11 is 0. The Morgan fingerprint density at radius 3 is 2.03 bits per heavy atom. The molecular formula is C32H48N2O2. The molecule has 0 bridgehead atoms. The maximum atomic E-state index is 10.6. The predicted molar refractivity (Wildman–Crippen MR) is 149 cm³/mol. The molecule has 1 fully saturated rings. The van der Waals surface area contributed by atoms with Crippen molar-refractivity contribution >= 4 is 5.97 Å². The van der Waals surface area contributed by atoms with Gasteiger partial charge in [0.2, 0.25) is 0 Å². The van der Waals surface area contributed by atoms with Crippen LogP contribution in [-0.2, 0) is 16.6 Å². The van der Waals surface area contributed by atoms with E-state index < -0.39 is 5.97 Å². The molecule has 1 N–H and O–H groups in total. The van der Waals surface area contributed by atoms with Crippen LogP contribution in [0.25, 0.3) is 11.4 Å². The van der Waals surface area contributed by atoms with Crippen molar-refractivity contribution in [2.75, 3.05) is 0 Å². The third-order valence-corrected chi connectivity index (χ3v) is 8.14. The summed E-state index contributed by atoms with van der Waals surface area (Å²) < 4.78 is 0. The number of hydrogen-bond acceptors (Lipinski definition) is 3. The second-order valence-electron chi connectivity index (χ2n) is 11.0. The van der Waals surface area contributed by atoms with E-state index in [1.54, 1.807) is 0 Å². The summed E-state index contributed by atoms with van der Waals surface area (Å²) in [5, 5.41) is 8.75. The van der Waals surface area contributed by atoms with E-state index in [0.29, 0.717) is 11.8 Å². The Balaban J connectivity index is 1.46. The van der Waals surface area contributed by atoms with Crippen LogP contribution < -0.4 is 0 Å². The van der Waals surface area contributed by atoms with Crippen molar-refractivity contribution in [1.29, 1.82) is 0 Å². The molecule has 1 heterocycles. The lowest BCUT2D eigenvalue weighted by Gasteiger charge is -2.30. The SMILES string of the molecule is CCCCCCCCc1cnc(-c2ccc(C3(CCCCCCCCC(=O)O)CCCC3)cc2)nc1. The molecule has 3 rings (SSSR count). The number of nitrogens with zero attached hydrogens (tertiary/aromatic N) is 2. The molecule has 0 radical (unpaired) electrons. The number of rotatable bonds is 18. The summed E-state index contributed by atoms with van der Waals surface area (Å²) in [5.74, 6) is 0.160. The molecule has 0 amide bonds. The van der Waals surface area contributed by atoms with Gasteiger partial charge in [0.15, 0.2) is 5.82 Å². The summed E-state index contributed by atoms with van der Waals surface area (Å²) in [5.41, 5.74) is 4.19. The first-order valence-corrected chi connectivity index (χ1v) is 14.8. The van der Waals surface area contributed by atoms with Crippen LogP contribution in [0.1, 0.15) is 134 Å². The zero-order valence-electron chi connectivity index (χ0n) is 22.6. The van der Waals surface area contributed by atoms with Crippen molar-refractivity contribution in [3.05, 3.63) is 47.8 Å². The third kappa shape index (κ3) is 9.33. The highest BCUT2D eigenvalue weighted by molar-refractivity contribution is 5.66. The molecule has 4 heteroatoms. The van der Waals surface area contributed by atoms with Gasteiger partial charge < -0.3 is 5.11 Å². The Labute approximate surface area is 219 Å². The number of aryl methyl sites for hydroxylation is 1. The number of unbranched alkanes of at least 4 members (excludes halogenated alkanes) is 10. The van der Waals surface area contributed by atoms with Crippen LogP contribution in [-0.4, -0.2) is 21.0 Å². The smallest absolute Gasteiger partial charge is 0.303 e. The maximum absolute atomic E-state index is 10.6. The molecule has 36 heavy (non-hydrogen) atoms. The summed E-state index contributed by atoms with van der Waals surface area (Å²) in [7, 11) is 0. The Morgan fingerprint density at radius 2 is 1.39 bits per heavy atom. The van der Waals surface area contributed by atoms with E-state index in [9.17, 15) is 4.79 Å². The Hall–Kier alpha value is -2.23. The predicted octanol–water partition coefficient (Wildman–Crippen LogP) is 9.06. The van der Waals surface area contributed by atoms with Crippen molar-refractivity contribution in [2.45, 2.75) is 134 Å². The van der Waals surface area contributed by atoms with Gasteiger partial charge >= 0.3 is 5.97 Å². The van der Waals surface area contributed by atoms with Gasteiger partial charge in [-0.3, -0.25) is 4.79 Å². The number of hydrogen-bond donors (Lipinski definition) is 1. The minimum Gasteiger partial charge on any atom is -0.481 e. The molecule has 1 saturated carbocycles. The lowest BCUT2D eigenvalue weighted by Crippen LogP contribution is -2.21. The summed E-state index contributed by atoms with van der Waals surface area (Å²) in [4.78, 5) is 20.0. The average Bonchev–Trinajstić information content (AvgIpc) is 3.38. The van der Waals surface area contributed by atoms with E-state index in [1.807, 2.05) is 12.4 Å². The highest BCUT2D eigenvalue weighted by Crippen LogP contribution is 2.45. The average molecular weight is 493 g/mol. The first kappa shape index (κ1) is 28.3. The topological polar surface area (TPSA) is 63.1 Å². The molecule has 1 aromatic carbocycles. The first-order valence-electron chi connectivity index (χ1n) is 14.8. The van der Waals surface area contributed by atoms with Gasteiger partial charge in [0, 0.05) is 24.4 Å². The molecule has 0 aliphatic heterocycles. The van der Waals surface area contributed by atoms with E-state index in [0.717, 1.165) is 37.1 Å². The maximum Gasteiger partial charge on any atom is 0.303 e. The molecule has 1 aliphatic rings. The van der Waals surface area contributed by atoms with Crippen molar-refractivity contribution in [3.63, 3.8) is 0 Å². The van der Waals surface area contributed by atoms with Gasteiger partial charge in [0.1, 0.15) is 0 Å². The number of carboxylic acid groups (broad SMARTS) is 1. The second kappa shape index (κ2) is 15.8. The standard InChI is InChI=1S/C32H48N2O2/c1-2-3-4-5-8-11-16-27-25-33-31(34-26-27)28-18-20-29(21-19-28)32(23-14-15-24-32)22-13-10-7-6-9-12-17-30(35)36/h18-21,25-26H,2-17,22-24H2,1H3,(H,35,36). The molecule has 0 atom stereocenters. The van der Waals surface area contributed by atoms with E-state index >= 15 is 0 Å². The minimum atomic E-state index is -0.670. The summed E-state index contributed by atoms with van der Waals surface area (Å²) in [6, 6.07) is 9.11. The monoisotopic (exact) mass is 492 g/mol.